The Hall–Kier alpha value is -1.46. The first kappa shape index (κ1) is 12.6. The Bertz CT molecular complexity index is 555. The fraction of sp³-hybridized carbons (Fsp3) is 0.429. The Kier molecular flexibility index (Phi) is 3.48. The minimum atomic E-state index is -0.374. The molecular formula is C14H17N3OS. The monoisotopic (exact) mass is 275 g/mol. The average molecular weight is 275 g/mol. The van der Waals surface area contributed by atoms with E-state index in [0.717, 1.165) is 36.6 Å². The first-order valence-corrected chi connectivity index (χ1v) is 7.33. The van der Waals surface area contributed by atoms with Gasteiger partial charge < -0.3 is 10.0 Å². The molecule has 0 saturated carbocycles. The van der Waals surface area contributed by atoms with Crippen molar-refractivity contribution in [3.63, 3.8) is 0 Å². The summed E-state index contributed by atoms with van der Waals surface area (Å²) in [5.74, 6) is 0. The molecule has 100 valence electrons. The number of hydrogen-bond donors (Lipinski definition) is 1. The van der Waals surface area contributed by atoms with Crippen LogP contribution in [0.2, 0.25) is 0 Å². The van der Waals surface area contributed by atoms with E-state index >= 15 is 0 Å². The Morgan fingerprint density at radius 1 is 1.53 bits per heavy atom. The molecule has 2 heterocycles. The normalized spacial score (nSPS) is 18.1. The number of rotatable bonds is 3. The molecule has 0 aromatic carbocycles. The number of aromatic nitrogens is 2. The van der Waals surface area contributed by atoms with Crippen molar-refractivity contribution in [2.45, 2.75) is 31.9 Å². The summed E-state index contributed by atoms with van der Waals surface area (Å²) in [6.07, 6.45) is 6.22. The van der Waals surface area contributed by atoms with Gasteiger partial charge >= 0.3 is 0 Å². The minimum Gasteiger partial charge on any atom is -0.387 e. The number of fused-ring (bicyclic) bond motifs is 1. The van der Waals surface area contributed by atoms with Crippen LogP contribution in [0.4, 0.5) is 5.13 Å². The Balaban J connectivity index is 1.79. The molecule has 1 aliphatic carbocycles. The molecule has 0 saturated heterocycles. The van der Waals surface area contributed by atoms with Crippen LogP contribution in [0.3, 0.4) is 0 Å². The summed E-state index contributed by atoms with van der Waals surface area (Å²) in [7, 11) is 2.03. The molecule has 5 heteroatoms. The van der Waals surface area contributed by atoms with Gasteiger partial charge in [0.05, 0.1) is 11.8 Å². The second-order valence-corrected chi connectivity index (χ2v) is 5.99. The van der Waals surface area contributed by atoms with Crippen molar-refractivity contribution < 1.29 is 5.11 Å². The van der Waals surface area contributed by atoms with Crippen LogP contribution in [-0.2, 0) is 13.0 Å². The van der Waals surface area contributed by atoms with Crippen molar-refractivity contribution >= 4 is 16.5 Å². The highest BCUT2D eigenvalue weighted by atomic mass is 32.1. The number of pyridine rings is 1. The second kappa shape index (κ2) is 5.27. The van der Waals surface area contributed by atoms with Crippen molar-refractivity contribution in [1.29, 1.82) is 0 Å². The molecule has 3 rings (SSSR count). The molecule has 1 unspecified atom stereocenters. The van der Waals surface area contributed by atoms with E-state index in [0.29, 0.717) is 0 Å². The summed E-state index contributed by atoms with van der Waals surface area (Å²) in [6, 6.07) is 4.01. The van der Waals surface area contributed by atoms with Crippen LogP contribution in [0, 0.1) is 0 Å². The summed E-state index contributed by atoms with van der Waals surface area (Å²) in [4.78, 5) is 12.1. The number of nitrogens with zero attached hydrogens (tertiary/aromatic N) is 3. The third-order valence-electron chi connectivity index (χ3n) is 3.38. The molecule has 19 heavy (non-hydrogen) atoms. The topological polar surface area (TPSA) is 49.2 Å². The summed E-state index contributed by atoms with van der Waals surface area (Å²) >= 11 is 1.70. The van der Waals surface area contributed by atoms with Crippen molar-refractivity contribution in [3.05, 3.63) is 40.7 Å². The van der Waals surface area contributed by atoms with Gasteiger partial charge in [-0.3, -0.25) is 4.98 Å². The molecule has 0 spiro atoms. The number of aliphatic hydroxyl groups is 1. The molecule has 4 nitrogen and oxygen atoms in total. The number of aryl methyl sites for hydroxylation is 1. The van der Waals surface area contributed by atoms with E-state index < -0.39 is 0 Å². The fourth-order valence-corrected chi connectivity index (χ4v) is 3.50. The van der Waals surface area contributed by atoms with Crippen molar-refractivity contribution in [3.8, 4) is 0 Å². The Labute approximate surface area is 116 Å². The van der Waals surface area contributed by atoms with Gasteiger partial charge in [0.2, 0.25) is 0 Å². The average Bonchev–Trinajstić information content (AvgIpc) is 2.85. The molecule has 2 aromatic rings. The van der Waals surface area contributed by atoms with E-state index in [1.165, 1.54) is 10.4 Å². The maximum Gasteiger partial charge on any atom is 0.185 e. The van der Waals surface area contributed by atoms with Gasteiger partial charge in [-0.25, -0.2) is 4.98 Å². The quantitative estimate of drug-likeness (QED) is 0.935. The third kappa shape index (κ3) is 2.62. The first-order chi connectivity index (χ1) is 9.24. The molecule has 2 aromatic heterocycles. The molecular weight excluding hydrogens is 258 g/mol. The zero-order valence-electron chi connectivity index (χ0n) is 10.9. The van der Waals surface area contributed by atoms with Crippen molar-refractivity contribution in [2.24, 2.45) is 0 Å². The molecule has 0 fully saturated rings. The predicted molar refractivity (Wildman–Crippen MR) is 76.4 cm³/mol. The minimum absolute atomic E-state index is 0.374. The van der Waals surface area contributed by atoms with Crippen LogP contribution < -0.4 is 4.90 Å². The van der Waals surface area contributed by atoms with Crippen molar-refractivity contribution in [2.75, 3.05) is 11.9 Å². The van der Waals surface area contributed by atoms with Crippen LogP contribution in [0.1, 0.15) is 35.1 Å². The van der Waals surface area contributed by atoms with E-state index in [-0.39, 0.29) is 6.10 Å². The molecule has 0 bridgehead atoms. The maximum atomic E-state index is 9.96. The highest BCUT2D eigenvalue weighted by Crippen LogP contribution is 2.36. The van der Waals surface area contributed by atoms with E-state index in [1.807, 2.05) is 19.3 Å². The molecule has 1 N–H and O–H groups in total. The van der Waals surface area contributed by atoms with Gasteiger partial charge in [-0.05, 0) is 30.9 Å². The van der Waals surface area contributed by atoms with E-state index in [4.69, 9.17) is 0 Å². The lowest BCUT2D eigenvalue weighted by atomic mass is 10.0. The molecule has 1 atom stereocenters. The molecule has 0 aliphatic heterocycles. The predicted octanol–water partition coefficient (Wildman–Crippen LogP) is 2.54. The van der Waals surface area contributed by atoms with Gasteiger partial charge in [0.1, 0.15) is 0 Å². The van der Waals surface area contributed by atoms with Gasteiger partial charge in [-0.15, -0.1) is 11.3 Å². The van der Waals surface area contributed by atoms with Gasteiger partial charge in [0.15, 0.2) is 5.13 Å². The summed E-state index contributed by atoms with van der Waals surface area (Å²) in [6.45, 7) is 0.788. The van der Waals surface area contributed by atoms with Crippen LogP contribution in [0.15, 0.2) is 24.5 Å². The lowest BCUT2D eigenvalue weighted by Crippen LogP contribution is -2.16. The van der Waals surface area contributed by atoms with Gasteiger partial charge in [0.25, 0.3) is 0 Å². The maximum absolute atomic E-state index is 9.96. The largest absolute Gasteiger partial charge is 0.387 e. The molecule has 1 aliphatic rings. The van der Waals surface area contributed by atoms with E-state index in [2.05, 4.69) is 20.9 Å². The van der Waals surface area contributed by atoms with Crippen LogP contribution in [0.25, 0.3) is 0 Å². The number of hydrogen-bond acceptors (Lipinski definition) is 5. The number of aliphatic hydroxyl groups excluding tert-OH is 1. The fourth-order valence-electron chi connectivity index (χ4n) is 2.38. The summed E-state index contributed by atoms with van der Waals surface area (Å²) < 4.78 is 0. The lowest BCUT2D eigenvalue weighted by Gasteiger charge is -2.15. The highest BCUT2D eigenvalue weighted by molar-refractivity contribution is 7.15. The van der Waals surface area contributed by atoms with Crippen molar-refractivity contribution in [1.82, 2.24) is 9.97 Å². The lowest BCUT2D eigenvalue weighted by molar-refractivity contribution is 0.153. The highest BCUT2D eigenvalue weighted by Gasteiger charge is 2.23. The number of anilines is 1. The third-order valence-corrected chi connectivity index (χ3v) is 4.63. The first-order valence-electron chi connectivity index (χ1n) is 6.52. The van der Waals surface area contributed by atoms with Crippen LogP contribution >= 0.6 is 11.3 Å². The smallest absolute Gasteiger partial charge is 0.185 e. The van der Waals surface area contributed by atoms with Gasteiger partial charge in [-0.1, -0.05) is 6.07 Å². The zero-order chi connectivity index (χ0) is 13.2. The molecule has 0 amide bonds. The Morgan fingerprint density at radius 2 is 2.42 bits per heavy atom. The van der Waals surface area contributed by atoms with E-state index in [1.54, 1.807) is 17.5 Å². The van der Waals surface area contributed by atoms with Gasteiger partial charge in [0, 0.05) is 30.9 Å². The number of thiazole rings is 1. The van der Waals surface area contributed by atoms with Crippen LogP contribution in [0.5, 0.6) is 0 Å². The Morgan fingerprint density at radius 3 is 3.16 bits per heavy atom. The zero-order valence-corrected chi connectivity index (χ0v) is 11.7. The molecule has 0 radical (unpaired) electrons. The second-order valence-electron chi connectivity index (χ2n) is 4.93. The SMILES string of the molecule is CN(Cc1cccnc1)c1nc2c(s1)CCCC2O. The van der Waals surface area contributed by atoms with Crippen LogP contribution in [-0.4, -0.2) is 22.1 Å². The standard InChI is InChI=1S/C14H17N3OS/c1-17(9-10-4-3-7-15-8-10)14-16-13-11(18)5-2-6-12(13)19-14/h3-4,7-8,11,18H,2,5-6,9H2,1H3. The van der Waals surface area contributed by atoms with Gasteiger partial charge in [-0.2, -0.15) is 0 Å². The van der Waals surface area contributed by atoms with E-state index in [9.17, 15) is 5.11 Å². The summed E-state index contributed by atoms with van der Waals surface area (Å²) in [5, 5.41) is 10.9. The summed E-state index contributed by atoms with van der Waals surface area (Å²) in [5.41, 5.74) is 2.06.